The molecule has 0 unspecified atom stereocenters. The summed E-state index contributed by atoms with van der Waals surface area (Å²) < 4.78 is 6.44. The fraction of sp³-hybridized carbons (Fsp3) is 0. The van der Waals surface area contributed by atoms with Crippen LogP contribution in [-0.2, 0) is 0 Å². The molecule has 0 radical (unpaired) electrons. The molecule has 0 aliphatic rings. The van der Waals surface area contributed by atoms with Gasteiger partial charge >= 0.3 is 0 Å². The number of para-hydroxylation sites is 1. The summed E-state index contributed by atoms with van der Waals surface area (Å²) in [5.41, 5.74) is 8.38. The predicted molar refractivity (Wildman–Crippen MR) is 175 cm³/mol. The highest BCUT2D eigenvalue weighted by molar-refractivity contribution is 6.09. The highest BCUT2D eigenvalue weighted by atomic mass is 16.3. The van der Waals surface area contributed by atoms with E-state index in [9.17, 15) is 0 Å². The summed E-state index contributed by atoms with van der Waals surface area (Å²) in [6, 6.07) is 53.0. The van der Waals surface area contributed by atoms with Gasteiger partial charge in [0.1, 0.15) is 5.58 Å². The van der Waals surface area contributed by atoms with Crippen LogP contribution < -0.4 is 4.90 Å². The van der Waals surface area contributed by atoms with E-state index in [1.807, 2.05) is 36.5 Å². The second kappa shape index (κ2) is 10.1. The Morgan fingerprint density at radius 3 is 1.86 bits per heavy atom. The van der Waals surface area contributed by atoms with Gasteiger partial charge in [0.05, 0.1) is 0 Å². The van der Waals surface area contributed by atoms with Gasteiger partial charge < -0.3 is 4.42 Å². The third kappa shape index (κ3) is 4.11. The van der Waals surface area contributed by atoms with E-state index in [-0.39, 0.29) is 0 Å². The third-order valence-corrected chi connectivity index (χ3v) is 7.95. The molecule has 42 heavy (non-hydrogen) atoms. The third-order valence-electron chi connectivity index (χ3n) is 7.95. The maximum Gasteiger partial charge on any atom is 0.181 e. The number of pyridine rings is 1. The van der Waals surface area contributed by atoms with Gasteiger partial charge in [-0.05, 0) is 69.4 Å². The zero-order valence-corrected chi connectivity index (χ0v) is 22.8. The van der Waals surface area contributed by atoms with E-state index in [4.69, 9.17) is 9.40 Å². The van der Waals surface area contributed by atoms with Crippen molar-refractivity contribution >= 4 is 49.9 Å². The lowest BCUT2D eigenvalue weighted by Gasteiger charge is -2.25. The molecule has 0 fully saturated rings. The Morgan fingerprint density at radius 1 is 0.452 bits per heavy atom. The van der Waals surface area contributed by atoms with Crippen LogP contribution in [-0.4, -0.2) is 4.98 Å². The summed E-state index contributed by atoms with van der Waals surface area (Å²) in [5, 5.41) is 4.62. The molecular formula is C39H26N2O. The Morgan fingerprint density at radius 2 is 1.07 bits per heavy atom. The lowest BCUT2D eigenvalue weighted by atomic mass is 9.98. The van der Waals surface area contributed by atoms with Crippen molar-refractivity contribution in [3.63, 3.8) is 0 Å². The molecular weight excluding hydrogens is 512 g/mol. The van der Waals surface area contributed by atoms with Gasteiger partial charge in [-0.15, -0.1) is 0 Å². The molecule has 8 aromatic rings. The molecule has 198 valence electrons. The van der Waals surface area contributed by atoms with Crippen molar-refractivity contribution in [1.82, 2.24) is 4.98 Å². The highest BCUT2D eigenvalue weighted by Gasteiger charge is 2.21. The first-order valence-electron chi connectivity index (χ1n) is 14.1. The Hall–Kier alpha value is -5.67. The molecule has 3 heteroatoms. The Labute approximate surface area is 243 Å². The van der Waals surface area contributed by atoms with Crippen molar-refractivity contribution in [2.75, 3.05) is 4.90 Å². The van der Waals surface area contributed by atoms with Crippen LogP contribution in [0.2, 0.25) is 0 Å². The quantitative estimate of drug-likeness (QED) is 0.218. The van der Waals surface area contributed by atoms with Gasteiger partial charge in [0.15, 0.2) is 11.4 Å². The van der Waals surface area contributed by atoms with E-state index in [0.717, 1.165) is 39.1 Å². The molecule has 6 aromatic carbocycles. The van der Waals surface area contributed by atoms with Crippen LogP contribution in [0.3, 0.4) is 0 Å². The number of aromatic nitrogens is 1. The first-order chi connectivity index (χ1) is 20.8. The number of fused-ring (bicyclic) bond motifs is 4. The fourth-order valence-electron chi connectivity index (χ4n) is 5.89. The lowest BCUT2D eigenvalue weighted by Crippen LogP contribution is -2.11. The molecule has 0 bridgehead atoms. The van der Waals surface area contributed by atoms with E-state index >= 15 is 0 Å². The van der Waals surface area contributed by atoms with Gasteiger partial charge in [0.25, 0.3) is 0 Å². The summed E-state index contributed by atoms with van der Waals surface area (Å²) in [4.78, 5) is 7.08. The van der Waals surface area contributed by atoms with Crippen molar-refractivity contribution in [1.29, 1.82) is 0 Å². The van der Waals surface area contributed by atoms with Crippen molar-refractivity contribution in [3.05, 3.63) is 158 Å². The van der Waals surface area contributed by atoms with E-state index in [1.54, 1.807) is 0 Å². The van der Waals surface area contributed by atoms with Crippen molar-refractivity contribution in [2.45, 2.75) is 0 Å². The number of hydrogen-bond acceptors (Lipinski definition) is 3. The zero-order valence-electron chi connectivity index (χ0n) is 22.8. The number of hydrogen-bond donors (Lipinski definition) is 0. The summed E-state index contributed by atoms with van der Waals surface area (Å²) >= 11 is 0. The van der Waals surface area contributed by atoms with Crippen molar-refractivity contribution in [3.8, 4) is 22.3 Å². The van der Waals surface area contributed by atoms with Gasteiger partial charge in [-0.3, -0.25) is 4.90 Å². The molecule has 0 amide bonds. The molecule has 0 spiro atoms. The van der Waals surface area contributed by atoms with Crippen LogP contribution in [0, 0.1) is 0 Å². The second-order valence-corrected chi connectivity index (χ2v) is 10.4. The minimum atomic E-state index is 0.758. The van der Waals surface area contributed by atoms with Crippen LogP contribution in [0.25, 0.3) is 55.0 Å². The molecule has 8 rings (SSSR count). The summed E-state index contributed by atoms with van der Waals surface area (Å²) in [7, 11) is 0. The van der Waals surface area contributed by atoms with Gasteiger partial charge in [-0.1, -0.05) is 115 Å². The molecule has 0 aliphatic heterocycles. The van der Waals surface area contributed by atoms with Gasteiger partial charge in [-0.25, -0.2) is 4.98 Å². The smallest absolute Gasteiger partial charge is 0.181 e. The largest absolute Gasteiger partial charge is 0.452 e. The fourth-order valence-corrected chi connectivity index (χ4v) is 5.89. The van der Waals surface area contributed by atoms with E-state index < -0.39 is 0 Å². The van der Waals surface area contributed by atoms with Crippen LogP contribution in [0.4, 0.5) is 17.2 Å². The second-order valence-electron chi connectivity index (χ2n) is 10.4. The maximum absolute atomic E-state index is 6.44. The van der Waals surface area contributed by atoms with Gasteiger partial charge in [0, 0.05) is 28.3 Å². The topological polar surface area (TPSA) is 29.3 Å². The highest BCUT2D eigenvalue weighted by Crippen LogP contribution is 2.41. The van der Waals surface area contributed by atoms with Crippen molar-refractivity contribution < 1.29 is 4.42 Å². The summed E-state index contributed by atoms with van der Waals surface area (Å²) in [5.74, 6) is 0.758. The number of nitrogens with zero attached hydrogens (tertiary/aromatic N) is 2. The average molecular weight is 539 g/mol. The zero-order chi connectivity index (χ0) is 27.9. The molecule has 2 aromatic heterocycles. The van der Waals surface area contributed by atoms with Crippen LogP contribution in [0.5, 0.6) is 0 Å². The maximum atomic E-state index is 6.44. The molecule has 0 aliphatic carbocycles. The number of rotatable bonds is 5. The molecule has 0 saturated heterocycles. The number of anilines is 3. The SMILES string of the molecule is c1ccc(-c2ccc(N(c3ccc(-c4cccc5ccccc45)cc3)c3nccc4c3oc3ccccc34)cc2)cc1. The number of furan rings is 1. The van der Waals surface area contributed by atoms with Crippen LogP contribution >= 0.6 is 0 Å². The lowest BCUT2D eigenvalue weighted by molar-refractivity contribution is 0.667. The van der Waals surface area contributed by atoms with E-state index in [1.165, 1.54) is 33.0 Å². The normalized spacial score (nSPS) is 11.3. The molecule has 0 N–H and O–H groups in total. The minimum absolute atomic E-state index is 0.758. The van der Waals surface area contributed by atoms with Gasteiger partial charge in [-0.2, -0.15) is 0 Å². The first-order valence-corrected chi connectivity index (χ1v) is 14.1. The summed E-state index contributed by atoms with van der Waals surface area (Å²) in [6.07, 6.45) is 1.87. The number of benzene rings is 6. The van der Waals surface area contributed by atoms with Crippen LogP contribution in [0.1, 0.15) is 0 Å². The summed E-state index contributed by atoms with van der Waals surface area (Å²) in [6.45, 7) is 0. The monoisotopic (exact) mass is 538 g/mol. The molecule has 2 heterocycles. The Balaban J connectivity index is 1.28. The van der Waals surface area contributed by atoms with E-state index in [2.05, 4.69) is 126 Å². The Kier molecular flexibility index (Phi) is 5.79. The first kappa shape index (κ1) is 24.2. The minimum Gasteiger partial charge on any atom is -0.452 e. The average Bonchev–Trinajstić information content (AvgIpc) is 3.45. The predicted octanol–water partition coefficient (Wildman–Crippen LogP) is 10.9. The molecule has 0 atom stereocenters. The molecule has 3 nitrogen and oxygen atoms in total. The van der Waals surface area contributed by atoms with Gasteiger partial charge in [0.2, 0.25) is 0 Å². The van der Waals surface area contributed by atoms with E-state index in [0.29, 0.717) is 0 Å². The standard InChI is InChI=1S/C39H26N2O/c1-2-9-27(10-3-1)28-17-21-31(22-18-28)41(39-38-36(25-26-40-39)35-14-6-7-16-37(35)42-38)32-23-19-30(20-24-32)34-15-8-12-29-11-4-5-13-33(29)34/h1-26H. The van der Waals surface area contributed by atoms with Crippen LogP contribution in [0.15, 0.2) is 162 Å². The molecule has 0 saturated carbocycles. The van der Waals surface area contributed by atoms with Crippen molar-refractivity contribution in [2.24, 2.45) is 0 Å². The Bertz CT molecular complexity index is 2170.